The number of phenolic OH excluding ortho intramolecular Hbond substituents is 1. The smallest absolute Gasteiger partial charge is 0.337 e. The maximum atomic E-state index is 12.5. The fourth-order valence-corrected chi connectivity index (χ4v) is 3.37. The Morgan fingerprint density at radius 1 is 1.14 bits per heavy atom. The Labute approximate surface area is 168 Å². The molecule has 2 N–H and O–H groups in total. The van der Waals surface area contributed by atoms with Gasteiger partial charge in [0.05, 0.1) is 11.3 Å². The number of ketones is 1. The molecule has 7 heteroatoms. The number of aryl methyl sites for hydroxylation is 2. The zero-order valence-corrected chi connectivity index (χ0v) is 16.5. The summed E-state index contributed by atoms with van der Waals surface area (Å²) >= 11 is 0. The number of aromatic carboxylic acids is 1. The number of aromatic hydroxyl groups is 1. The topological polar surface area (TPSA) is 106 Å². The van der Waals surface area contributed by atoms with E-state index >= 15 is 0 Å². The molecule has 29 heavy (non-hydrogen) atoms. The fourth-order valence-electron chi connectivity index (χ4n) is 3.37. The molecule has 0 radical (unpaired) electrons. The predicted octanol–water partition coefficient (Wildman–Crippen LogP) is 3.87. The third kappa shape index (κ3) is 4.56. The number of carboxylic acid groups (broad SMARTS) is 1. The molecule has 1 aromatic carbocycles. The summed E-state index contributed by atoms with van der Waals surface area (Å²) in [6, 6.07) is 6.69. The van der Waals surface area contributed by atoms with Gasteiger partial charge in [0, 0.05) is 49.3 Å². The molecule has 0 saturated carbocycles. The number of benzene rings is 1. The highest BCUT2D eigenvalue weighted by molar-refractivity contribution is 5.92. The van der Waals surface area contributed by atoms with E-state index in [1.165, 1.54) is 0 Å². The Hall–Kier alpha value is -3.35. The van der Waals surface area contributed by atoms with Crippen LogP contribution in [-0.4, -0.2) is 31.7 Å². The van der Waals surface area contributed by atoms with Crippen molar-refractivity contribution in [1.82, 2.24) is 9.72 Å². The number of aromatic nitrogens is 2. The van der Waals surface area contributed by atoms with Crippen LogP contribution in [0.25, 0.3) is 11.3 Å². The molecule has 0 aliphatic heterocycles. The van der Waals surface area contributed by atoms with E-state index in [1.807, 2.05) is 13.8 Å². The maximum absolute atomic E-state index is 12.5. The molecule has 0 spiro atoms. The molecular weight excluding hydrogens is 372 g/mol. The predicted molar refractivity (Wildman–Crippen MR) is 107 cm³/mol. The highest BCUT2D eigenvalue weighted by Gasteiger charge is 2.19. The number of hydrogen-bond donors (Lipinski definition) is 2. The summed E-state index contributed by atoms with van der Waals surface area (Å²) < 4.78 is 7.27. The van der Waals surface area contributed by atoms with E-state index in [0.29, 0.717) is 30.7 Å². The van der Waals surface area contributed by atoms with Gasteiger partial charge in [-0.15, -0.1) is 0 Å². The minimum Gasteiger partial charge on any atom is -0.508 e. The molecule has 152 valence electrons. The van der Waals surface area contributed by atoms with Gasteiger partial charge in [-0.1, -0.05) is 12.1 Å². The van der Waals surface area contributed by atoms with Crippen LogP contribution in [0.15, 0.2) is 41.2 Å². The highest BCUT2D eigenvalue weighted by Crippen LogP contribution is 2.29. The van der Waals surface area contributed by atoms with Gasteiger partial charge < -0.3 is 19.3 Å². The SMILES string of the molecule is CCc1c(CCC(=O)Cc2cn(CC)cc2C(=O)O)noc1-c1ccc(O)cc1. The number of carbonyl (C=O) groups excluding carboxylic acids is 1. The first-order chi connectivity index (χ1) is 13.9. The molecule has 2 heterocycles. The fraction of sp³-hybridized carbons (Fsp3) is 0.318. The van der Waals surface area contributed by atoms with Gasteiger partial charge in [-0.05, 0) is 43.2 Å². The summed E-state index contributed by atoms with van der Waals surface area (Å²) in [7, 11) is 0. The Bertz CT molecular complexity index is 1010. The molecule has 7 nitrogen and oxygen atoms in total. The molecule has 3 aromatic rings. The van der Waals surface area contributed by atoms with Crippen molar-refractivity contribution in [3.63, 3.8) is 0 Å². The first kappa shape index (κ1) is 20.4. The van der Waals surface area contributed by atoms with Gasteiger partial charge in [-0.2, -0.15) is 0 Å². The Balaban J connectivity index is 1.70. The van der Waals surface area contributed by atoms with Crippen LogP contribution in [0.1, 0.15) is 47.4 Å². The number of rotatable bonds is 9. The van der Waals surface area contributed by atoms with E-state index in [4.69, 9.17) is 4.52 Å². The molecule has 0 saturated heterocycles. The molecular formula is C22H24N2O5. The molecule has 3 rings (SSSR count). The summed E-state index contributed by atoms with van der Waals surface area (Å²) in [4.78, 5) is 23.9. The lowest BCUT2D eigenvalue weighted by Gasteiger charge is -2.03. The van der Waals surface area contributed by atoms with E-state index in [-0.39, 0.29) is 29.9 Å². The monoisotopic (exact) mass is 396 g/mol. The molecule has 0 fully saturated rings. The average Bonchev–Trinajstić information content (AvgIpc) is 3.30. The van der Waals surface area contributed by atoms with Crippen LogP contribution in [0.3, 0.4) is 0 Å². The van der Waals surface area contributed by atoms with Gasteiger partial charge >= 0.3 is 5.97 Å². The highest BCUT2D eigenvalue weighted by atomic mass is 16.5. The van der Waals surface area contributed by atoms with Gasteiger partial charge in [-0.25, -0.2) is 4.79 Å². The van der Waals surface area contributed by atoms with Gasteiger partial charge in [0.15, 0.2) is 5.76 Å². The van der Waals surface area contributed by atoms with Crippen LogP contribution in [0, 0.1) is 0 Å². The van der Waals surface area contributed by atoms with Crippen LogP contribution in [0.4, 0.5) is 0 Å². The quantitative estimate of drug-likeness (QED) is 0.569. The van der Waals surface area contributed by atoms with Crippen molar-refractivity contribution in [2.75, 3.05) is 0 Å². The minimum absolute atomic E-state index is 0.0439. The standard InChI is InChI=1S/C22H24N2O5/c1-3-18-20(23-29-21(18)14-5-7-16(25)8-6-14)10-9-17(26)11-15-12-24(4-2)13-19(15)22(27)28/h5-8,12-13,25H,3-4,9-11H2,1-2H3,(H,27,28). The molecule has 2 aromatic heterocycles. The lowest BCUT2D eigenvalue weighted by Crippen LogP contribution is -2.08. The summed E-state index contributed by atoms with van der Waals surface area (Å²) in [6.45, 7) is 4.56. The van der Waals surface area contributed by atoms with Gasteiger partial charge in [-0.3, -0.25) is 4.79 Å². The van der Waals surface area contributed by atoms with Crippen molar-refractivity contribution < 1.29 is 24.3 Å². The zero-order valence-electron chi connectivity index (χ0n) is 16.5. The summed E-state index contributed by atoms with van der Waals surface area (Å²) in [5.41, 5.74) is 3.19. The van der Waals surface area contributed by atoms with Crippen molar-refractivity contribution >= 4 is 11.8 Å². The van der Waals surface area contributed by atoms with Crippen LogP contribution in [-0.2, 0) is 30.6 Å². The summed E-state index contributed by atoms with van der Waals surface area (Å²) in [6.07, 6.45) is 4.75. The number of carbonyl (C=O) groups is 2. The number of phenols is 1. The van der Waals surface area contributed by atoms with Gasteiger partial charge in [0.2, 0.25) is 0 Å². The number of Topliss-reactive ketones (excluding diaryl/α,β-unsaturated/α-hetero) is 1. The first-order valence-corrected chi connectivity index (χ1v) is 9.63. The first-order valence-electron chi connectivity index (χ1n) is 9.63. The van der Waals surface area contributed by atoms with Gasteiger partial charge in [0.1, 0.15) is 11.5 Å². The van der Waals surface area contributed by atoms with Crippen molar-refractivity contribution in [2.24, 2.45) is 0 Å². The lowest BCUT2D eigenvalue weighted by atomic mass is 9.99. The van der Waals surface area contributed by atoms with E-state index in [2.05, 4.69) is 5.16 Å². The van der Waals surface area contributed by atoms with Crippen LogP contribution < -0.4 is 0 Å². The Morgan fingerprint density at radius 3 is 2.48 bits per heavy atom. The zero-order chi connectivity index (χ0) is 21.0. The Morgan fingerprint density at radius 2 is 1.86 bits per heavy atom. The average molecular weight is 396 g/mol. The largest absolute Gasteiger partial charge is 0.508 e. The van der Waals surface area contributed by atoms with E-state index in [0.717, 1.165) is 16.8 Å². The van der Waals surface area contributed by atoms with Crippen molar-refractivity contribution in [1.29, 1.82) is 0 Å². The second-order valence-electron chi connectivity index (χ2n) is 6.89. The second-order valence-corrected chi connectivity index (χ2v) is 6.89. The lowest BCUT2D eigenvalue weighted by molar-refractivity contribution is -0.118. The molecule has 0 bridgehead atoms. The molecule has 0 aliphatic carbocycles. The van der Waals surface area contributed by atoms with Crippen LogP contribution >= 0.6 is 0 Å². The van der Waals surface area contributed by atoms with E-state index in [1.54, 1.807) is 41.2 Å². The normalized spacial score (nSPS) is 11.0. The van der Waals surface area contributed by atoms with Crippen LogP contribution in [0.5, 0.6) is 5.75 Å². The number of carboxylic acids is 1. The third-order valence-corrected chi connectivity index (χ3v) is 4.94. The van der Waals surface area contributed by atoms with Crippen LogP contribution in [0.2, 0.25) is 0 Å². The number of nitrogens with zero attached hydrogens (tertiary/aromatic N) is 2. The van der Waals surface area contributed by atoms with Crippen molar-refractivity contribution in [3.05, 3.63) is 59.0 Å². The van der Waals surface area contributed by atoms with Crippen molar-refractivity contribution in [2.45, 2.75) is 46.1 Å². The van der Waals surface area contributed by atoms with Gasteiger partial charge in [0.25, 0.3) is 0 Å². The summed E-state index contributed by atoms with van der Waals surface area (Å²) in [5, 5.41) is 22.9. The maximum Gasteiger partial charge on any atom is 0.337 e. The molecule has 0 amide bonds. The second kappa shape index (κ2) is 8.77. The Kier molecular flexibility index (Phi) is 6.16. The third-order valence-electron chi connectivity index (χ3n) is 4.94. The molecule has 0 aliphatic rings. The molecule has 0 atom stereocenters. The van der Waals surface area contributed by atoms with E-state index in [9.17, 15) is 19.8 Å². The molecule has 0 unspecified atom stereocenters. The van der Waals surface area contributed by atoms with Crippen molar-refractivity contribution in [3.8, 4) is 17.1 Å². The van der Waals surface area contributed by atoms with E-state index < -0.39 is 5.97 Å². The minimum atomic E-state index is -1.02. The number of hydrogen-bond acceptors (Lipinski definition) is 5. The summed E-state index contributed by atoms with van der Waals surface area (Å²) in [5.74, 6) is -0.251.